The van der Waals surface area contributed by atoms with Crippen LogP contribution in [0.15, 0.2) is 53.1 Å². The molecule has 11 nitrogen and oxygen atoms in total. The van der Waals surface area contributed by atoms with Gasteiger partial charge in [0.15, 0.2) is 17.3 Å². The first kappa shape index (κ1) is 23.1. The number of furan rings is 1. The number of nitro groups is 1. The van der Waals surface area contributed by atoms with Gasteiger partial charge in [-0.2, -0.15) is 0 Å². The molecule has 1 aliphatic rings. The zero-order valence-electron chi connectivity index (χ0n) is 19.5. The molecule has 36 heavy (non-hydrogen) atoms. The summed E-state index contributed by atoms with van der Waals surface area (Å²) in [5.74, 6) is -0.00196. The van der Waals surface area contributed by atoms with Crippen LogP contribution < -0.4 is 10.2 Å². The molecule has 0 aliphatic carbocycles. The molecule has 184 valence electrons. The van der Waals surface area contributed by atoms with Crippen molar-refractivity contribution in [1.82, 2.24) is 14.9 Å². The highest BCUT2D eigenvalue weighted by atomic mass is 16.6. The maximum absolute atomic E-state index is 10.8. The highest BCUT2D eigenvalue weighted by Gasteiger charge is 2.17. The van der Waals surface area contributed by atoms with Crippen LogP contribution in [0.4, 0.5) is 22.9 Å². The summed E-state index contributed by atoms with van der Waals surface area (Å²) < 4.78 is 5.16. The molecule has 0 amide bonds. The van der Waals surface area contributed by atoms with E-state index >= 15 is 0 Å². The normalized spacial score (nSPS) is 14.5. The summed E-state index contributed by atoms with van der Waals surface area (Å²) in [6, 6.07) is 11.4. The number of hydrogen-bond acceptors (Lipinski definition) is 10. The summed E-state index contributed by atoms with van der Waals surface area (Å²) in [7, 11) is 2.10. The van der Waals surface area contributed by atoms with E-state index in [1.807, 2.05) is 12.1 Å². The average molecular weight is 489 g/mol. The molecule has 11 heteroatoms. The minimum atomic E-state index is -0.591. The Kier molecular flexibility index (Phi) is 6.13. The number of piperazine rings is 1. The van der Waals surface area contributed by atoms with Gasteiger partial charge in [-0.15, -0.1) is 0 Å². The third kappa shape index (κ3) is 4.91. The number of phenolic OH excluding ortho intramolecular Hbond substituents is 2. The predicted octanol–water partition coefficient (Wildman–Crippen LogP) is 4.21. The number of nitrogens with one attached hydrogen (secondary N) is 1. The molecule has 0 saturated carbocycles. The first-order valence-corrected chi connectivity index (χ1v) is 11.3. The van der Waals surface area contributed by atoms with Gasteiger partial charge in [0.25, 0.3) is 0 Å². The fourth-order valence-electron chi connectivity index (χ4n) is 4.01. The molecular weight excluding hydrogens is 464 g/mol. The monoisotopic (exact) mass is 488 g/mol. The fraction of sp³-hybridized carbons (Fsp3) is 0.200. The highest BCUT2D eigenvalue weighted by molar-refractivity contribution is 5.96. The van der Waals surface area contributed by atoms with E-state index in [2.05, 4.69) is 27.1 Å². The molecule has 0 atom stereocenters. The van der Waals surface area contributed by atoms with E-state index in [9.17, 15) is 20.3 Å². The standard InChI is InChI=1S/C25H24N6O5/c1-29-8-10-30(11-9-29)17-13-20(27-16-2-5-22(32)23(33)12-16)19-15-26-24(28-21(19)14-17)6-3-18-4-7-25(36-18)31(34)35/h2-7,12-15,27,32-33H,8-11H2,1H3. The quantitative estimate of drug-likeness (QED) is 0.156. The van der Waals surface area contributed by atoms with Gasteiger partial charge in [0.05, 0.1) is 17.3 Å². The largest absolute Gasteiger partial charge is 0.504 e. The lowest BCUT2D eigenvalue weighted by atomic mass is 10.1. The zero-order valence-corrected chi connectivity index (χ0v) is 19.5. The number of anilines is 3. The lowest BCUT2D eigenvalue weighted by Crippen LogP contribution is -2.44. The van der Waals surface area contributed by atoms with Crippen LogP contribution in [0.2, 0.25) is 0 Å². The number of rotatable bonds is 6. The molecule has 2 aromatic carbocycles. The van der Waals surface area contributed by atoms with Crippen molar-refractivity contribution in [2.45, 2.75) is 0 Å². The van der Waals surface area contributed by atoms with Crippen molar-refractivity contribution >= 4 is 46.0 Å². The van der Waals surface area contributed by atoms with Crippen LogP contribution in [-0.2, 0) is 0 Å². The second-order valence-corrected chi connectivity index (χ2v) is 8.54. The number of aromatic hydroxyl groups is 2. The second kappa shape index (κ2) is 9.55. The lowest BCUT2D eigenvalue weighted by Gasteiger charge is -2.34. The van der Waals surface area contributed by atoms with Crippen LogP contribution >= 0.6 is 0 Å². The van der Waals surface area contributed by atoms with Crippen molar-refractivity contribution in [3.8, 4) is 11.5 Å². The van der Waals surface area contributed by atoms with Gasteiger partial charge in [-0.1, -0.05) is 0 Å². The number of fused-ring (bicyclic) bond motifs is 1. The van der Waals surface area contributed by atoms with E-state index in [1.54, 1.807) is 24.4 Å². The van der Waals surface area contributed by atoms with Gasteiger partial charge >= 0.3 is 5.88 Å². The SMILES string of the molecule is CN1CCN(c2cc(Nc3ccc(O)c(O)c3)c3cnc(C=Cc4ccc([N+](=O)[O-])o4)nc3c2)CC1. The van der Waals surface area contributed by atoms with Gasteiger partial charge < -0.3 is 29.7 Å². The number of nitrogens with zero attached hydrogens (tertiary/aromatic N) is 5. The van der Waals surface area contributed by atoms with Gasteiger partial charge in [0.1, 0.15) is 10.7 Å². The molecule has 1 aliphatic heterocycles. The number of aromatic nitrogens is 2. The fourth-order valence-corrected chi connectivity index (χ4v) is 4.01. The van der Waals surface area contributed by atoms with E-state index < -0.39 is 4.92 Å². The van der Waals surface area contributed by atoms with Crippen molar-refractivity contribution < 1.29 is 19.6 Å². The molecular formula is C25H24N6O5. The molecule has 3 N–H and O–H groups in total. The Morgan fingerprint density at radius 3 is 2.58 bits per heavy atom. The molecule has 0 unspecified atom stereocenters. The summed E-state index contributed by atoms with van der Waals surface area (Å²) in [5.41, 5.74) is 3.06. The lowest BCUT2D eigenvalue weighted by molar-refractivity contribution is -0.402. The Hall–Kier alpha value is -4.64. The van der Waals surface area contributed by atoms with Gasteiger partial charge in [-0.25, -0.2) is 9.97 Å². The Labute approximate surface area is 206 Å². The van der Waals surface area contributed by atoms with Crippen LogP contribution in [0.3, 0.4) is 0 Å². The number of phenols is 2. The van der Waals surface area contributed by atoms with Crippen molar-refractivity contribution in [3.63, 3.8) is 0 Å². The van der Waals surface area contributed by atoms with Gasteiger partial charge in [0.2, 0.25) is 0 Å². The predicted molar refractivity (Wildman–Crippen MR) is 137 cm³/mol. The van der Waals surface area contributed by atoms with Gasteiger partial charge in [-0.3, -0.25) is 10.1 Å². The average Bonchev–Trinajstić information content (AvgIpc) is 3.35. The Bertz CT molecular complexity index is 1460. The topological polar surface area (TPSA) is 141 Å². The van der Waals surface area contributed by atoms with Gasteiger partial charge in [-0.05, 0) is 49.5 Å². The molecule has 1 saturated heterocycles. The van der Waals surface area contributed by atoms with E-state index in [0.717, 1.165) is 42.9 Å². The van der Waals surface area contributed by atoms with Gasteiger partial charge in [0, 0.05) is 55.2 Å². The molecule has 0 radical (unpaired) electrons. The van der Waals surface area contributed by atoms with Crippen LogP contribution in [0.5, 0.6) is 11.5 Å². The maximum Gasteiger partial charge on any atom is 0.433 e. The smallest absolute Gasteiger partial charge is 0.433 e. The van der Waals surface area contributed by atoms with E-state index in [-0.39, 0.29) is 17.4 Å². The van der Waals surface area contributed by atoms with Crippen molar-refractivity contribution in [1.29, 1.82) is 0 Å². The highest BCUT2D eigenvalue weighted by Crippen LogP contribution is 2.34. The number of benzene rings is 2. The van der Waals surface area contributed by atoms with Crippen LogP contribution in [-0.4, -0.2) is 63.2 Å². The zero-order chi connectivity index (χ0) is 25.2. The van der Waals surface area contributed by atoms with Crippen molar-refractivity contribution in [2.24, 2.45) is 0 Å². The third-order valence-corrected chi connectivity index (χ3v) is 6.02. The molecule has 0 bridgehead atoms. The Morgan fingerprint density at radius 2 is 1.86 bits per heavy atom. The summed E-state index contributed by atoms with van der Waals surface area (Å²) >= 11 is 0. The van der Waals surface area contributed by atoms with Crippen LogP contribution in [0, 0.1) is 10.1 Å². The molecule has 5 rings (SSSR count). The summed E-state index contributed by atoms with van der Waals surface area (Å²) in [6.07, 6.45) is 4.91. The minimum Gasteiger partial charge on any atom is -0.504 e. The molecule has 4 aromatic rings. The second-order valence-electron chi connectivity index (χ2n) is 8.54. The van der Waals surface area contributed by atoms with Crippen molar-refractivity contribution in [2.75, 3.05) is 43.4 Å². The van der Waals surface area contributed by atoms with E-state index in [1.165, 1.54) is 24.3 Å². The number of hydrogen-bond donors (Lipinski definition) is 3. The number of likely N-dealkylation sites (N-methyl/N-ethyl adjacent to an activating group) is 1. The molecule has 2 aromatic heterocycles. The Balaban J connectivity index is 1.51. The maximum atomic E-state index is 10.8. The summed E-state index contributed by atoms with van der Waals surface area (Å²) in [4.78, 5) is 23.9. The first-order chi connectivity index (χ1) is 17.4. The molecule has 0 spiro atoms. The van der Waals surface area contributed by atoms with Crippen LogP contribution in [0.1, 0.15) is 11.6 Å². The van der Waals surface area contributed by atoms with Crippen LogP contribution in [0.25, 0.3) is 23.1 Å². The first-order valence-electron chi connectivity index (χ1n) is 11.3. The summed E-state index contributed by atoms with van der Waals surface area (Å²) in [6.45, 7) is 3.63. The molecule has 3 heterocycles. The van der Waals surface area contributed by atoms with Crippen molar-refractivity contribution in [3.05, 3.63) is 70.4 Å². The van der Waals surface area contributed by atoms with E-state index in [0.29, 0.717) is 22.8 Å². The van der Waals surface area contributed by atoms with E-state index in [4.69, 9.17) is 9.40 Å². The molecule has 1 fully saturated rings. The summed E-state index contributed by atoms with van der Waals surface area (Å²) in [5, 5.41) is 34.5. The minimum absolute atomic E-state index is 0.196. The Morgan fingerprint density at radius 1 is 1.06 bits per heavy atom. The third-order valence-electron chi connectivity index (χ3n) is 6.02.